The van der Waals surface area contributed by atoms with E-state index in [0.29, 0.717) is 0 Å². The Kier molecular flexibility index (Phi) is 7.41. The van der Waals surface area contributed by atoms with Gasteiger partial charge in [0.2, 0.25) is 0 Å². The van der Waals surface area contributed by atoms with Crippen molar-refractivity contribution in [1.82, 2.24) is 5.32 Å². The average molecular weight is 280 g/mol. The van der Waals surface area contributed by atoms with Gasteiger partial charge in [-0.1, -0.05) is 65.2 Å². The average Bonchev–Trinajstić information content (AvgIpc) is 2.67. The summed E-state index contributed by atoms with van der Waals surface area (Å²) in [4.78, 5) is 0. The predicted octanol–water partition coefficient (Wildman–Crippen LogP) is 5.54. The van der Waals surface area contributed by atoms with Crippen molar-refractivity contribution in [2.24, 2.45) is 17.8 Å². The van der Waals surface area contributed by atoms with E-state index < -0.39 is 0 Å². The van der Waals surface area contributed by atoms with E-state index in [1.165, 1.54) is 83.6 Å². The molecule has 1 heteroatoms. The minimum absolute atomic E-state index is 0.833. The zero-order valence-electron chi connectivity index (χ0n) is 14.0. The van der Waals surface area contributed by atoms with Crippen LogP contribution in [0.5, 0.6) is 0 Å². The van der Waals surface area contributed by atoms with Gasteiger partial charge in [0.05, 0.1) is 0 Å². The van der Waals surface area contributed by atoms with E-state index in [9.17, 15) is 0 Å². The SMILES string of the molecule is CCCC1CCCC(NCCC2CCC(C)CC2)CC1. The van der Waals surface area contributed by atoms with E-state index in [-0.39, 0.29) is 0 Å². The van der Waals surface area contributed by atoms with Gasteiger partial charge in [-0.2, -0.15) is 0 Å². The second-order valence-corrected chi connectivity index (χ2v) is 7.73. The van der Waals surface area contributed by atoms with Crippen molar-refractivity contribution < 1.29 is 0 Å². The second kappa shape index (κ2) is 9.07. The normalized spacial score (nSPS) is 35.7. The molecule has 0 saturated heterocycles. The summed E-state index contributed by atoms with van der Waals surface area (Å²) in [5.74, 6) is 3.06. The minimum atomic E-state index is 0.833. The molecule has 2 atom stereocenters. The lowest BCUT2D eigenvalue weighted by molar-refractivity contribution is 0.270. The monoisotopic (exact) mass is 279 g/mol. The highest BCUT2D eigenvalue weighted by atomic mass is 14.9. The molecule has 0 amide bonds. The summed E-state index contributed by atoms with van der Waals surface area (Å²) in [7, 11) is 0. The third-order valence-electron chi connectivity index (χ3n) is 5.91. The molecule has 1 N–H and O–H groups in total. The van der Waals surface area contributed by atoms with E-state index in [0.717, 1.165) is 23.8 Å². The molecule has 2 fully saturated rings. The lowest BCUT2D eigenvalue weighted by Crippen LogP contribution is -2.31. The van der Waals surface area contributed by atoms with E-state index in [1.807, 2.05) is 0 Å². The molecule has 0 radical (unpaired) electrons. The van der Waals surface area contributed by atoms with Crippen LogP contribution in [0.1, 0.15) is 90.9 Å². The largest absolute Gasteiger partial charge is 0.314 e. The molecule has 0 aromatic rings. The van der Waals surface area contributed by atoms with Crippen molar-refractivity contribution in [2.75, 3.05) is 6.54 Å². The summed E-state index contributed by atoms with van der Waals surface area (Å²) < 4.78 is 0. The molecule has 0 aromatic heterocycles. The molecule has 2 unspecified atom stereocenters. The predicted molar refractivity (Wildman–Crippen MR) is 89.0 cm³/mol. The van der Waals surface area contributed by atoms with Crippen LogP contribution >= 0.6 is 0 Å². The van der Waals surface area contributed by atoms with Gasteiger partial charge in [-0.25, -0.2) is 0 Å². The Hall–Kier alpha value is -0.0400. The molecule has 118 valence electrons. The number of nitrogens with one attached hydrogen (secondary N) is 1. The fourth-order valence-electron chi connectivity index (χ4n) is 4.39. The van der Waals surface area contributed by atoms with Gasteiger partial charge in [0.1, 0.15) is 0 Å². The number of hydrogen-bond donors (Lipinski definition) is 1. The summed E-state index contributed by atoms with van der Waals surface area (Å²) in [6, 6.07) is 0.833. The summed E-state index contributed by atoms with van der Waals surface area (Å²) in [5.41, 5.74) is 0. The minimum Gasteiger partial charge on any atom is -0.314 e. The summed E-state index contributed by atoms with van der Waals surface area (Å²) in [6.07, 6.45) is 17.5. The van der Waals surface area contributed by atoms with E-state index >= 15 is 0 Å². The van der Waals surface area contributed by atoms with Crippen LogP contribution in [-0.2, 0) is 0 Å². The van der Waals surface area contributed by atoms with Gasteiger partial charge in [-0.15, -0.1) is 0 Å². The van der Waals surface area contributed by atoms with Crippen LogP contribution in [0.25, 0.3) is 0 Å². The molecule has 2 rings (SSSR count). The van der Waals surface area contributed by atoms with Gasteiger partial charge in [0, 0.05) is 6.04 Å². The van der Waals surface area contributed by atoms with Gasteiger partial charge in [0.25, 0.3) is 0 Å². The Morgan fingerprint density at radius 3 is 2.25 bits per heavy atom. The summed E-state index contributed by atoms with van der Waals surface area (Å²) in [6.45, 7) is 6.04. The van der Waals surface area contributed by atoms with Crippen molar-refractivity contribution in [2.45, 2.75) is 96.9 Å². The molecular formula is C19H37N. The van der Waals surface area contributed by atoms with Crippen LogP contribution in [0.15, 0.2) is 0 Å². The highest BCUT2D eigenvalue weighted by molar-refractivity contribution is 4.76. The van der Waals surface area contributed by atoms with Gasteiger partial charge in [-0.05, 0) is 50.0 Å². The second-order valence-electron chi connectivity index (χ2n) is 7.73. The molecule has 20 heavy (non-hydrogen) atoms. The molecule has 1 nitrogen and oxygen atoms in total. The lowest BCUT2D eigenvalue weighted by Gasteiger charge is -2.27. The molecule has 0 bridgehead atoms. The molecule has 0 aromatic carbocycles. The Balaban J connectivity index is 1.57. The van der Waals surface area contributed by atoms with Crippen molar-refractivity contribution >= 4 is 0 Å². The Morgan fingerprint density at radius 1 is 0.800 bits per heavy atom. The van der Waals surface area contributed by atoms with Crippen LogP contribution in [0.3, 0.4) is 0 Å². The van der Waals surface area contributed by atoms with Gasteiger partial charge in [-0.3, -0.25) is 0 Å². The zero-order valence-corrected chi connectivity index (χ0v) is 14.0. The smallest absolute Gasteiger partial charge is 0.00671 e. The zero-order chi connectivity index (χ0) is 14.2. The van der Waals surface area contributed by atoms with E-state index in [4.69, 9.17) is 0 Å². The third-order valence-corrected chi connectivity index (χ3v) is 5.91. The first-order valence-corrected chi connectivity index (χ1v) is 9.51. The van der Waals surface area contributed by atoms with Gasteiger partial charge >= 0.3 is 0 Å². The molecular weight excluding hydrogens is 242 g/mol. The highest BCUT2D eigenvalue weighted by Gasteiger charge is 2.20. The molecule has 2 aliphatic rings. The van der Waals surface area contributed by atoms with Crippen molar-refractivity contribution in [1.29, 1.82) is 0 Å². The first-order valence-electron chi connectivity index (χ1n) is 9.51. The standard InChI is InChI=1S/C19H37N/c1-3-5-17-6-4-7-19(13-12-17)20-15-14-18-10-8-16(2)9-11-18/h16-20H,3-15H2,1-2H3. The fourth-order valence-corrected chi connectivity index (χ4v) is 4.39. The Morgan fingerprint density at radius 2 is 1.50 bits per heavy atom. The van der Waals surface area contributed by atoms with Gasteiger partial charge in [0.15, 0.2) is 0 Å². The quantitative estimate of drug-likeness (QED) is 0.629. The van der Waals surface area contributed by atoms with Crippen molar-refractivity contribution in [3.8, 4) is 0 Å². The topological polar surface area (TPSA) is 12.0 Å². The van der Waals surface area contributed by atoms with Crippen LogP contribution in [0, 0.1) is 17.8 Å². The maximum Gasteiger partial charge on any atom is 0.00671 e. The molecule has 0 heterocycles. The van der Waals surface area contributed by atoms with Crippen molar-refractivity contribution in [3.05, 3.63) is 0 Å². The van der Waals surface area contributed by atoms with Crippen LogP contribution < -0.4 is 5.32 Å². The molecule has 2 aliphatic carbocycles. The number of hydrogen-bond acceptors (Lipinski definition) is 1. The van der Waals surface area contributed by atoms with Crippen LogP contribution in [0.2, 0.25) is 0 Å². The fraction of sp³-hybridized carbons (Fsp3) is 1.00. The van der Waals surface area contributed by atoms with Crippen LogP contribution in [-0.4, -0.2) is 12.6 Å². The Labute approximate surface area is 127 Å². The highest BCUT2D eigenvalue weighted by Crippen LogP contribution is 2.30. The molecule has 0 spiro atoms. The Bertz CT molecular complexity index is 242. The first-order chi connectivity index (χ1) is 9.78. The lowest BCUT2D eigenvalue weighted by atomic mass is 9.81. The van der Waals surface area contributed by atoms with Crippen LogP contribution in [0.4, 0.5) is 0 Å². The maximum absolute atomic E-state index is 3.88. The maximum atomic E-state index is 3.88. The van der Waals surface area contributed by atoms with E-state index in [2.05, 4.69) is 19.2 Å². The van der Waals surface area contributed by atoms with Crippen molar-refractivity contribution in [3.63, 3.8) is 0 Å². The number of rotatable bonds is 6. The third kappa shape index (κ3) is 5.76. The summed E-state index contributed by atoms with van der Waals surface area (Å²) in [5, 5.41) is 3.88. The van der Waals surface area contributed by atoms with E-state index in [1.54, 1.807) is 0 Å². The molecule has 2 saturated carbocycles. The summed E-state index contributed by atoms with van der Waals surface area (Å²) >= 11 is 0. The van der Waals surface area contributed by atoms with Gasteiger partial charge < -0.3 is 5.32 Å². The molecule has 0 aliphatic heterocycles. The first kappa shape index (κ1) is 16.3.